The standard InChI is InChI=1S/C15H21FN2O2/c16-13-6-1-2-7-14(13)17-15(20)8-9-18(10-11-19)12-4-3-5-12/h1-2,6-7,12,19H,3-5,8-11H2,(H,17,20). The van der Waals surface area contributed by atoms with Crippen molar-refractivity contribution in [2.24, 2.45) is 0 Å². The van der Waals surface area contributed by atoms with Crippen LogP contribution in [0.4, 0.5) is 10.1 Å². The number of anilines is 1. The lowest BCUT2D eigenvalue weighted by Crippen LogP contribution is -2.43. The average Bonchev–Trinajstić information content (AvgIpc) is 2.37. The van der Waals surface area contributed by atoms with Gasteiger partial charge in [-0.25, -0.2) is 4.39 Å². The molecule has 110 valence electrons. The molecule has 0 aromatic heterocycles. The van der Waals surface area contributed by atoms with E-state index in [1.54, 1.807) is 18.2 Å². The summed E-state index contributed by atoms with van der Waals surface area (Å²) >= 11 is 0. The van der Waals surface area contributed by atoms with Gasteiger partial charge in [0.05, 0.1) is 12.3 Å². The average molecular weight is 280 g/mol. The molecule has 2 rings (SSSR count). The summed E-state index contributed by atoms with van der Waals surface area (Å²) in [6.07, 6.45) is 3.79. The van der Waals surface area contributed by atoms with Crippen LogP contribution in [0.5, 0.6) is 0 Å². The van der Waals surface area contributed by atoms with Crippen molar-refractivity contribution in [3.8, 4) is 0 Å². The van der Waals surface area contributed by atoms with Gasteiger partial charge < -0.3 is 10.4 Å². The first kappa shape index (κ1) is 14.9. The molecule has 0 saturated heterocycles. The number of nitrogens with zero attached hydrogens (tertiary/aromatic N) is 1. The largest absolute Gasteiger partial charge is 0.395 e. The number of aliphatic hydroxyl groups excluding tert-OH is 1. The van der Waals surface area contributed by atoms with Gasteiger partial charge in [0.15, 0.2) is 0 Å². The molecule has 1 aliphatic carbocycles. The van der Waals surface area contributed by atoms with Gasteiger partial charge in [0, 0.05) is 25.6 Å². The fourth-order valence-electron chi connectivity index (χ4n) is 2.38. The van der Waals surface area contributed by atoms with E-state index in [-0.39, 0.29) is 18.2 Å². The molecule has 0 spiro atoms. The van der Waals surface area contributed by atoms with Gasteiger partial charge in [0.2, 0.25) is 5.91 Å². The first-order valence-corrected chi connectivity index (χ1v) is 7.10. The van der Waals surface area contributed by atoms with Crippen LogP contribution in [0.3, 0.4) is 0 Å². The van der Waals surface area contributed by atoms with Crippen molar-refractivity contribution in [1.82, 2.24) is 4.90 Å². The minimum Gasteiger partial charge on any atom is -0.395 e. The molecule has 4 nitrogen and oxygen atoms in total. The molecule has 5 heteroatoms. The molecule has 1 fully saturated rings. The number of halogens is 1. The summed E-state index contributed by atoms with van der Waals surface area (Å²) in [4.78, 5) is 14.0. The van der Waals surface area contributed by atoms with Crippen LogP contribution in [0.25, 0.3) is 0 Å². The number of amides is 1. The Morgan fingerprint density at radius 1 is 1.35 bits per heavy atom. The van der Waals surface area contributed by atoms with Crippen LogP contribution < -0.4 is 5.32 Å². The lowest BCUT2D eigenvalue weighted by atomic mass is 9.91. The Balaban J connectivity index is 1.80. The van der Waals surface area contributed by atoms with Crippen LogP contribution in [0.15, 0.2) is 24.3 Å². The molecule has 0 atom stereocenters. The number of carbonyl (C=O) groups excluding carboxylic acids is 1. The topological polar surface area (TPSA) is 52.6 Å². The lowest BCUT2D eigenvalue weighted by molar-refractivity contribution is -0.116. The maximum absolute atomic E-state index is 13.4. The van der Waals surface area contributed by atoms with Gasteiger partial charge in [-0.3, -0.25) is 9.69 Å². The number of nitrogens with one attached hydrogen (secondary N) is 1. The number of rotatable bonds is 7. The normalized spacial score (nSPS) is 15.2. The van der Waals surface area contributed by atoms with E-state index in [0.717, 1.165) is 12.8 Å². The first-order chi connectivity index (χ1) is 9.70. The third-order valence-electron chi connectivity index (χ3n) is 3.75. The molecule has 0 bridgehead atoms. The van der Waals surface area contributed by atoms with Crippen LogP contribution in [0.2, 0.25) is 0 Å². The number of para-hydroxylation sites is 1. The van der Waals surface area contributed by atoms with Gasteiger partial charge in [-0.05, 0) is 25.0 Å². The Bertz CT molecular complexity index is 449. The third-order valence-corrected chi connectivity index (χ3v) is 3.75. The summed E-state index contributed by atoms with van der Waals surface area (Å²) in [6, 6.07) is 6.63. The number of hydrogen-bond acceptors (Lipinski definition) is 3. The van der Waals surface area contributed by atoms with E-state index in [9.17, 15) is 9.18 Å². The highest BCUT2D eigenvalue weighted by atomic mass is 19.1. The summed E-state index contributed by atoms with van der Waals surface area (Å²) in [5, 5.41) is 11.6. The van der Waals surface area contributed by atoms with E-state index in [1.165, 1.54) is 12.5 Å². The van der Waals surface area contributed by atoms with Crippen molar-refractivity contribution in [2.45, 2.75) is 31.7 Å². The SMILES string of the molecule is O=C(CCN(CCO)C1CCC1)Nc1ccccc1F. The van der Waals surface area contributed by atoms with Gasteiger partial charge >= 0.3 is 0 Å². The third kappa shape index (κ3) is 4.02. The van der Waals surface area contributed by atoms with Crippen molar-refractivity contribution < 1.29 is 14.3 Å². The molecular formula is C15H21FN2O2. The Morgan fingerprint density at radius 2 is 2.10 bits per heavy atom. The minimum atomic E-state index is -0.424. The van der Waals surface area contributed by atoms with Gasteiger partial charge in [-0.15, -0.1) is 0 Å². The minimum absolute atomic E-state index is 0.103. The summed E-state index contributed by atoms with van der Waals surface area (Å²) in [7, 11) is 0. The fraction of sp³-hybridized carbons (Fsp3) is 0.533. The molecule has 0 radical (unpaired) electrons. The zero-order valence-corrected chi connectivity index (χ0v) is 11.5. The Morgan fingerprint density at radius 3 is 2.70 bits per heavy atom. The maximum atomic E-state index is 13.4. The highest BCUT2D eigenvalue weighted by Gasteiger charge is 2.24. The van der Waals surface area contributed by atoms with E-state index >= 15 is 0 Å². The van der Waals surface area contributed by atoms with Crippen LogP contribution in [-0.2, 0) is 4.79 Å². The fourth-order valence-corrected chi connectivity index (χ4v) is 2.38. The summed E-state index contributed by atoms with van der Waals surface area (Å²) in [5.41, 5.74) is 0.217. The second kappa shape index (κ2) is 7.36. The molecule has 1 aliphatic rings. The number of carbonyl (C=O) groups is 1. The Kier molecular flexibility index (Phi) is 5.49. The molecule has 1 saturated carbocycles. The smallest absolute Gasteiger partial charge is 0.225 e. The Labute approximate surface area is 118 Å². The number of aliphatic hydroxyl groups is 1. The maximum Gasteiger partial charge on any atom is 0.225 e. The molecule has 1 amide bonds. The van der Waals surface area contributed by atoms with E-state index in [0.29, 0.717) is 25.6 Å². The van der Waals surface area contributed by atoms with E-state index in [1.807, 2.05) is 0 Å². The van der Waals surface area contributed by atoms with Crippen LogP contribution in [-0.4, -0.2) is 41.7 Å². The second-order valence-corrected chi connectivity index (χ2v) is 5.12. The monoisotopic (exact) mass is 280 g/mol. The molecule has 1 aromatic carbocycles. The molecular weight excluding hydrogens is 259 g/mol. The van der Waals surface area contributed by atoms with Gasteiger partial charge in [-0.1, -0.05) is 18.6 Å². The summed E-state index contributed by atoms with van der Waals surface area (Å²) in [6.45, 7) is 1.30. The molecule has 0 unspecified atom stereocenters. The summed E-state index contributed by atoms with van der Waals surface area (Å²) in [5.74, 6) is -0.621. The quantitative estimate of drug-likeness (QED) is 0.803. The first-order valence-electron chi connectivity index (χ1n) is 7.10. The molecule has 2 N–H and O–H groups in total. The van der Waals surface area contributed by atoms with Crippen molar-refractivity contribution in [3.63, 3.8) is 0 Å². The van der Waals surface area contributed by atoms with E-state index in [2.05, 4.69) is 10.2 Å². The molecule has 0 aliphatic heterocycles. The second-order valence-electron chi connectivity index (χ2n) is 5.12. The summed E-state index contributed by atoms with van der Waals surface area (Å²) < 4.78 is 13.4. The van der Waals surface area contributed by atoms with Crippen molar-refractivity contribution in [3.05, 3.63) is 30.1 Å². The van der Waals surface area contributed by atoms with Crippen LogP contribution in [0, 0.1) is 5.82 Å². The van der Waals surface area contributed by atoms with Gasteiger partial charge in [0.1, 0.15) is 5.82 Å². The van der Waals surface area contributed by atoms with Crippen LogP contribution in [0.1, 0.15) is 25.7 Å². The Hall–Kier alpha value is -1.46. The zero-order chi connectivity index (χ0) is 14.4. The highest BCUT2D eigenvalue weighted by molar-refractivity contribution is 5.90. The van der Waals surface area contributed by atoms with Crippen molar-refractivity contribution in [2.75, 3.05) is 25.0 Å². The predicted molar refractivity (Wildman–Crippen MR) is 75.9 cm³/mol. The predicted octanol–water partition coefficient (Wildman–Crippen LogP) is 2.00. The molecule has 0 heterocycles. The van der Waals surface area contributed by atoms with Gasteiger partial charge in [-0.2, -0.15) is 0 Å². The number of hydrogen-bond donors (Lipinski definition) is 2. The van der Waals surface area contributed by atoms with E-state index in [4.69, 9.17) is 5.11 Å². The molecule has 20 heavy (non-hydrogen) atoms. The van der Waals surface area contributed by atoms with Crippen LogP contribution >= 0.6 is 0 Å². The lowest BCUT2D eigenvalue weighted by Gasteiger charge is -2.37. The molecule has 1 aromatic rings. The zero-order valence-electron chi connectivity index (χ0n) is 11.5. The van der Waals surface area contributed by atoms with E-state index < -0.39 is 5.82 Å². The highest BCUT2D eigenvalue weighted by Crippen LogP contribution is 2.24. The number of benzene rings is 1. The van der Waals surface area contributed by atoms with Gasteiger partial charge in [0.25, 0.3) is 0 Å². The van der Waals surface area contributed by atoms with Crippen molar-refractivity contribution >= 4 is 11.6 Å². The van der Waals surface area contributed by atoms with Crippen molar-refractivity contribution in [1.29, 1.82) is 0 Å².